The van der Waals surface area contributed by atoms with Crippen LogP contribution in [0.2, 0.25) is 0 Å². The van der Waals surface area contributed by atoms with Crippen LogP contribution < -0.4 is 15.4 Å². The maximum atomic E-state index is 5.94. The Morgan fingerprint density at radius 1 is 1.05 bits per heavy atom. The van der Waals surface area contributed by atoms with Crippen LogP contribution in [-0.4, -0.2) is 20.2 Å². The molecule has 3 nitrogen and oxygen atoms in total. The minimum absolute atomic E-state index is 0.633. The van der Waals surface area contributed by atoms with Crippen molar-refractivity contribution in [3.8, 4) is 5.75 Å². The van der Waals surface area contributed by atoms with Gasteiger partial charge in [-0.3, -0.25) is 0 Å². The first-order valence-corrected chi connectivity index (χ1v) is 6.42. The minimum atomic E-state index is 0.633. The lowest BCUT2D eigenvalue weighted by molar-refractivity contribution is 0.326. The summed E-state index contributed by atoms with van der Waals surface area (Å²) in [6.45, 7) is 3.49. The van der Waals surface area contributed by atoms with Crippen molar-refractivity contribution in [1.29, 1.82) is 0 Å². The van der Waals surface area contributed by atoms with Gasteiger partial charge < -0.3 is 15.4 Å². The summed E-state index contributed by atoms with van der Waals surface area (Å²) >= 11 is 0. The third-order valence-electron chi connectivity index (χ3n) is 3.06. The molecule has 2 rings (SSSR count). The topological polar surface area (TPSA) is 38.5 Å². The number of hydrogen-bond donors (Lipinski definition) is 1. The van der Waals surface area contributed by atoms with Crippen LogP contribution in [0.25, 0.3) is 0 Å². The highest BCUT2D eigenvalue weighted by molar-refractivity contribution is 5.66. The van der Waals surface area contributed by atoms with Gasteiger partial charge in [0.2, 0.25) is 0 Å². The van der Waals surface area contributed by atoms with Crippen LogP contribution in [0, 0.1) is 6.92 Å². The Balaban J connectivity index is 1.86. The number of hydrogen-bond acceptors (Lipinski definition) is 3. The van der Waals surface area contributed by atoms with E-state index in [9.17, 15) is 0 Å². The first-order chi connectivity index (χ1) is 9.16. The van der Waals surface area contributed by atoms with E-state index in [4.69, 9.17) is 10.5 Å². The predicted octanol–water partition coefficient (Wildman–Crippen LogP) is 3.09. The Morgan fingerprint density at radius 3 is 2.42 bits per heavy atom. The van der Waals surface area contributed by atoms with Crippen LogP contribution in [0.3, 0.4) is 0 Å². The van der Waals surface area contributed by atoms with Gasteiger partial charge in [0.1, 0.15) is 12.4 Å². The van der Waals surface area contributed by atoms with Crippen molar-refractivity contribution >= 4 is 11.4 Å². The molecule has 100 valence electrons. The number of rotatable bonds is 5. The van der Waals surface area contributed by atoms with Crippen LogP contribution in [0.4, 0.5) is 11.4 Å². The second-order valence-electron chi connectivity index (χ2n) is 4.64. The van der Waals surface area contributed by atoms with Crippen molar-refractivity contribution in [2.75, 3.05) is 30.8 Å². The van der Waals surface area contributed by atoms with E-state index in [0.29, 0.717) is 6.61 Å². The Hall–Kier alpha value is -2.16. The highest BCUT2D eigenvalue weighted by atomic mass is 16.5. The molecule has 0 fully saturated rings. The molecule has 0 radical (unpaired) electrons. The Labute approximate surface area is 114 Å². The number of ether oxygens (including phenoxy) is 1. The lowest BCUT2D eigenvalue weighted by atomic mass is 10.2. The molecule has 0 aliphatic heterocycles. The average molecular weight is 256 g/mol. The van der Waals surface area contributed by atoms with Crippen LogP contribution in [-0.2, 0) is 0 Å². The summed E-state index contributed by atoms with van der Waals surface area (Å²) in [5, 5.41) is 0. The number of benzene rings is 2. The zero-order valence-corrected chi connectivity index (χ0v) is 11.5. The van der Waals surface area contributed by atoms with Gasteiger partial charge in [-0.25, -0.2) is 0 Å². The van der Waals surface area contributed by atoms with E-state index in [1.807, 2.05) is 55.6 Å². The zero-order chi connectivity index (χ0) is 13.7. The summed E-state index contributed by atoms with van der Waals surface area (Å²) < 4.78 is 5.71. The van der Waals surface area contributed by atoms with E-state index in [1.165, 1.54) is 5.56 Å². The maximum Gasteiger partial charge on any atom is 0.119 e. The van der Waals surface area contributed by atoms with Gasteiger partial charge in [-0.2, -0.15) is 0 Å². The number of nitrogens with zero attached hydrogens (tertiary/aromatic N) is 1. The molecule has 0 bridgehead atoms. The molecule has 0 amide bonds. The van der Waals surface area contributed by atoms with E-state index in [-0.39, 0.29) is 0 Å². The lowest BCUT2D eigenvalue weighted by Crippen LogP contribution is -2.24. The maximum absolute atomic E-state index is 5.94. The zero-order valence-electron chi connectivity index (χ0n) is 11.5. The molecule has 0 unspecified atom stereocenters. The van der Waals surface area contributed by atoms with Gasteiger partial charge in [0.05, 0.1) is 17.9 Å². The quantitative estimate of drug-likeness (QED) is 0.835. The molecule has 0 atom stereocenters. The van der Waals surface area contributed by atoms with Gasteiger partial charge in [0, 0.05) is 7.05 Å². The molecule has 0 aliphatic rings. The summed E-state index contributed by atoms with van der Waals surface area (Å²) in [7, 11) is 2.02. The first kappa shape index (κ1) is 13.3. The fourth-order valence-electron chi connectivity index (χ4n) is 1.89. The lowest BCUT2D eigenvalue weighted by Gasteiger charge is -2.21. The average Bonchev–Trinajstić information content (AvgIpc) is 2.41. The second-order valence-corrected chi connectivity index (χ2v) is 4.64. The molecule has 0 saturated carbocycles. The van der Waals surface area contributed by atoms with E-state index < -0.39 is 0 Å². The number of nitrogens with two attached hydrogens (primary N) is 1. The van der Waals surface area contributed by atoms with E-state index in [0.717, 1.165) is 23.7 Å². The number of likely N-dealkylation sites (N-methyl/N-ethyl adjacent to an activating group) is 1. The van der Waals surface area contributed by atoms with Crippen molar-refractivity contribution in [3.63, 3.8) is 0 Å². The normalized spacial score (nSPS) is 10.2. The molecular formula is C16H20N2O. The van der Waals surface area contributed by atoms with E-state index >= 15 is 0 Å². The third kappa shape index (κ3) is 3.65. The Kier molecular flexibility index (Phi) is 4.29. The van der Waals surface area contributed by atoms with Gasteiger partial charge in [-0.05, 0) is 31.2 Å². The van der Waals surface area contributed by atoms with Crippen molar-refractivity contribution in [1.82, 2.24) is 0 Å². The molecular weight excluding hydrogens is 236 g/mol. The molecule has 2 aromatic carbocycles. The third-order valence-corrected chi connectivity index (χ3v) is 3.06. The standard InChI is InChI=1S/C16H20N2O/c1-13-7-9-14(10-8-13)19-12-11-18(2)16-6-4-3-5-15(16)17/h3-10H,11-12,17H2,1-2H3. The molecule has 19 heavy (non-hydrogen) atoms. The van der Waals surface area contributed by atoms with Gasteiger partial charge in [0.25, 0.3) is 0 Å². The van der Waals surface area contributed by atoms with Gasteiger partial charge >= 0.3 is 0 Å². The largest absolute Gasteiger partial charge is 0.492 e. The molecule has 0 aliphatic carbocycles. The highest BCUT2D eigenvalue weighted by Gasteiger charge is 2.04. The fraction of sp³-hybridized carbons (Fsp3) is 0.250. The summed E-state index contributed by atoms with van der Waals surface area (Å²) in [5.74, 6) is 0.903. The second kappa shape index (κ2) is 6.14. The van der Waals surface area contributed by atoms with Crippen LogP contribution in [0.5, 0.6) is 5.75 Å². The minimum Gasteiger partial charge on any atom is -0.492 e. The predicted molar refractivity (Wildman–Crippen MR) is 80.8 cm³/mol. The van der Waals surface area contributed by atoms with E-state index in [2.05, 4.69) is 11.8 Å². The monoisotopic (exact) mass is 256 g/mol. The molecule has 0 aromatic heterocycles. The smallest absolute Gasteiger partial charge is 0.119 e. The number of aryl methyl sites for hydroxylation is 1. The highest BCUT2D eigenvalue weighted by Crippen LogP contribution is 2.20. The van der Waals surface area contributed by atoms with Gasteiger partial charge in [-0.1, -0.05) is 29.8 Å². The molecule has 2 aromatic rings. The Bertz CT molecular complexity index is 523. The molecule has 0 heterocycles. The molecule has 2 N–H and O–H groups in total. The fourth-order valence-corrected chi connectivity index (χ4v) is 1.89. The van der Waals surface area contributed by atoms with Gasteiger partial charge in [0.15, 0.2) is 0 Å². The summed E-state index contributed by atoms with van der Waals surface area (Å²) in [6, 6.07) is 15.9. The summed E-state index contributed by atoms with van der Waals surface area (Å²) in [5.41, 5.74) is 9.01. The van der Waals surface area contributed by atoms with E-state index in [1.54, 1.807) is 0 Å². The van der Waals surface area contributed by atoms with Crippen LogP contribution in [0.15, 0.2) is 48.5 Å². The molecule has 0 spiro atoms. The SMILES string of the molecule is Cc1ccc(OCCN(C)c2ccccc2N)cc1. The van der Waals surface area contributed by atoms with Crippen molar-refractivity contribution in [3.05, 3.63) is 54.1 Å². The van der Waals surface area contributed by atoms with Gasteiger partial charge in [-0.15, -0.1) is 0 Å². The number of nitrogen functional groups attached to an aromatic ring is 1. The van der Waals surface area contributed by atoms with Crippen molar-refractivity contribution in [2.24, 2.45) is 0 Å². The first-order valence-electron chi connectivity index (χ1n) is 6.42. The summed E-state index contributed by atoms with van der Waals surface area (Å²) in [6.07, 6.45) is 0. The number of para-hydroxylation sites is 2. The summed E-state index contributed by atoms with van der Waals surface area (Å²) in [4.78, 5) is 2.10. The molecule has 0 saturated heterocycles. The number of anilines is 2. The van der Waals surface area contributed by atoms with Crippen molar-refractivity contribution in [2.45, 2.75) is 6.92 Å². The van der Waals surface area contributed by atoms with Crippen LogP contribution in [0.1, 0.15) is 5.56 Å². The van der Waals surface area contributed by atoms with Crippen molar-refractivity contribution < 1.29 is 4.74 Å². The Morgan fingerprint density at radius 2 is 1.74 bits per heavy atom. The van der Waals surface area contributed by atoms with Crippen LogP contribution >= 0.6 is 0 Å². The molecule has 3 heteroatoms.